The molecule has 0 fully saturated rings. The van der Waals surface area contributed by atoms with Gasteiger partial charge in [-0.1, -0.05) is 44.2 Å². The second-order valence-corrected chi connectivity index (χ2v) is 9.86. The van der Waals surface area contributed by atoms with Gasteiger partial charge in [-0.15, -0.1) is 0 Å². The average molecular weight is 519 g/mol. The molecule has 1 aromatic heterocycles. The Bertz CT molecular complexity index is 1280. The molecule has 0 radical (unpaired) electrons. The van der Waals surface area contributed by atoms with Crippen LogP contribution in [0.25, 0.3) is 11.5 Å². The lowest BCUT2D eigenvalue weighted by Gasteiger charge is -2.29. The maximum atomic E-state index is 12.5. The summed E-state index contributed by atoms with van der Waals surface area (Å²) in [6, 6.07) is 17.3. The van der Waals surface area contributed by atoms with E-state index in [1.807, 2.05) is 75.4 Å². The van der Waals surface area contributed by atoms with Crippen molar-refractivity contribution >= 4 is 12.1 Å². The standard InChI is InChI=1S/C30H34N2O6/c1-20(2)19-37-30(35)32-14-12-26(29(33)34)24(18-32)16-22-8-7-11-25(17-22)36-15-13-27-21(3)38-28(31-27)23-9-5-4-6-10-23/h4-11,17-18,20,26H,12-16,19H2,1-3H3,(H,33,34)/t26-/m0/s1. The van der Waals surface area contributed by atoms with E-state index in [2.05, 4.69) is 4.98 Å². The van der Waals surface area contributed by atoms with Crippen LogP contribution in [0.4, 0.5) is 4.79 Å². The molecular formula is C30H34N2O6. The summed E-state index contributed by atoms with van der Waals surface area (Å²) in [6.07, 6.45) is 2.51. The Morgan fingerprint density at radius 3 is 2.68 bits per heavy atom. The number of rotatable bonds is 10. The lowest BCUT2D eigenvalue weighted by Crippen LogP contribution is -2.36. The number of carbonyl (C=O) groups is 2. The van der Waals surface area contributed by atoms with E-state index >= 15 is 0 Å². The molecule has 1 aliphatic heterocycles. The van der Waals surface area contributed by atoms with Crippen LogP contribution in [0.5, 0.6) is 5.75 Å². The first-order valence-electron chi connectivity index (χ1n) is 12.9. The van der Waals surface area contributed by atoms with Crippen LogP contribution in [0, 0.1) is 18.8 Å². The lowest BCUT2D eigenvalue weighted by molar-refractivity contribution is -0.141. The quantitative estimate of drug-likeness (QED) is 0.357. The largest absolute Gasteiger partial charge is 0.493 e. The van der Waals surface area contributed by atoms with Crippen LogP contribution >= 0.6 is 0 Å². The number of carboxylic acids is 1. The normalized spacial score (nSPS) is 15.3. The van der Waals surface area contributed by atoms with Gasteiger partial charge in [-0.2, -0.15) is 0 Å². The van der Waals surface area contributed by atoms with Crippen LogP contribution in [0.1, 0.15) is 37.3 Å². The maximum Gasteiger partial charge on any atom is 0.413 e. The molecular weight excluding hydrogens is 484 g/mol. The van der Waals surface area contributed by atoms with E-state index in [9.17, 15) is 14.7 Å². The number of benzene rings is 2. The Hall–Kier alpha value is -4.07. The molecule has 3 aromatic rings. The molecule has 0 saturated carbocycles. The minimum absolute atomic E-state index is 0.223. The van der Waals surface area contributed by atoms with Crippen LogP contribution in [-0.4, -0.2) is 46.8 Å². The fourth-order valence-corrected chi connectivity index (χ4v) is 4.33. The van der Waals surface area contributed by atoms with Gasteiger partial charge < -0.3 is 19.0 Å². The van der Waals surface area contributed by atoms with Crippen molar-refractivity contribution in [3.63, 3.8) is 0 Å². The number of ether oxygens (including phenoxy) is 2. The van der Waals surface area contributed by atoms with Crippen molar-refractivity contribution in [1.29, 1.82) is 0 Å². The minimum Gasteiger partial charge on any atom is -0.493 e. The van der Waals surface area contributed by atoms with Gasteiger partial charge in [-0.3, -0.25) is 9.69 Å². The fourth-order valence-electron chi connectivity index (χ4n) is 4.33. The molecule has 200 valence electrons. The smallest absolute Gasteiger partial charge is 0.413 e. The van der Waals surface area contributed by atoms with Gasteiger partial charge in [-0.05, 0) is 61.1 Å². The predicted octanol–water partition coefficient (Wildman–Crippen LogP) is 5.90. The zero-order chi connectivity index (χ0) is 27.1. The number of amides is 1. The SMILES string of the molecule is Cc1oc(-c2ccccc2)nc1CCOc1cccc(CC2=CN(C(=O)OCC(C)C)CC[C@@H]2C(=O)O)c1. The van der Waals surface area contributed by atoms with Crippen molar-refractivity contribution in [2.75, 3.05) is 19.8 Å². The van der Waals surface area contributed by atoms with Crippen molar-refractivity contribution in [1.82, 2.24) is 9.88 Å². The van der Waals surface area contributed by atoms with Gasteiger partial charge in [0.2, 0.25) is 5.89 Å². The van der Waals surface area contributed by atoms with E-state index in [1.165, 1.54) is 4.90 Å². The van der Waals surface area contributed by atoms with Crippen molar-refractivity contribution in [2.24, 2.45) is 11.8 Å². The zero-order valence-electron chi connectivity index (χ0n) is 22.1. The Balaban J connectivity index is 1.39. The number of hydrogen-bond donors (Lipinski definition) is 1. The number of oxazole rings is 1. The molecule has 0 bridgehead atoms. The first-order valence-corrected chi connectivity index (χ1v) is 12.9. The number of nitrogens with zero attached hydrogens (tertiary/aromatic N) is 2. The van der Waals surface area contributed by atoms with E-state index in [0.717, 1.165) is 22.6 Å². The second-order valence-electron chi connectivity index (χ2n) is 9.86. The number of carboxylic acid groups (broad SMARTS) is 1. The van der Waals surface area contributed by atoms with E-state index in [0.29, 0.717) is 56.2 Å². The van der Waals surface area contributed by atoms with Crippen LogP contribution in [0.2, 0.25) is 0 Å². The van der Waals surface area contributed by atoms with E-state index in [-0.39, 0.29) is 5.92 Å². The van der Waals surface area contributed by atoms with Crippen molar-refractivity contribution in [3.8, 4) is 17.2 Å². The van der Waals surface area contributed by atoms with Crippen molar-refractivity contribution in [3.05, 3.63) is 83.4 Å². The van der Waals surface area contributed by atoms with E-state index in [1.54, 1.807) is 6.20 Å². The molecule has 1 amide bonds. The van der Waals surface area contributed by atoms with Crippen LogP contribution in [0.3, 0.4) is 0 Å². The maximum absolute atomic E-state index is 12.5. The summed E-state index contributed by atoms with van der Waals surface area (Å²) in [4.78, 5) is 30.4. The fraction of sp³-hybridized carbons (Fsp3) is 0.367. The molecule has 4 rings (SSSR count). The van der Waals surface area contributed by atoms with Gasteiger partial charge in [0.15, 0.2) is 0 Å². The summed E-state index contributed by atoms with van der Waals surface area (Å²) in [7, 11) is 0. The molecule has 38 heavy (non-hydrogen) atoms. The molecule has 0 spiro atoms. The molecule has 1 N–H and O–H groups in total. The van der Waals surface area contributed by atoms with Gasteiger partial charge in [0.1, 0.15) is 11.5 Å². The number of carbonyl (C=O) groups excluding carboxylic acids is 1. The highest BCUT2D eigenvalue weighted by Gasteiger charge is 2.30. The Labute approximate surface area is 222 Å². The molecule has 2 aromatic carbocycles. The number of aromatic nitrogens is 1. The first-order chi connectivity index (χ1) is 18.3. The van der Waals surface area contributed by atoms with Crippen LogP contribution in [-0.2, 0) is 22.4 Å². The summed E-state index contributed by atoms with van der Waals surface area (Å²) in [5, 5.41) is 9.75. The first kappa shape index (κ1) is 27.0. The van der Waals surface area contributed by atoms with E-state index in [4.69, 9.17) is 13.9 Å². The third-order valence-corrected chi connectivity index (χ3v) is 6.33. The summed E-state index contributed by atoms with van der Waals surface area (Å²) in [6.45, 7) is 6.88. The molecule has 2 heterocycles. The molecule has 1 atom stereocenters. The van der Waals surface area contributed by atoms with Gasteiger partial charge in [0, 0.05) is 24.7 Å². The Morgan fingerprint density at radius 2 is 1.95 bits per heavy atom. The average Bonchev–Trinajstić information content (AvgIpc) is 3.28. The molecule has 8 nitrogen and oxygen atoms in total. The summed E-state index contributed by atoms with van der Waals surface area (Å²) in [5.41, 5.74) is 3.34. The van der Waals surface area contributed by atoms with Crippen LogP contribution < -0.4 is 4.74 Å². The zero-order valence-corrected chi connectivity index (χ0v) is 22.1. The van der Waals surface area contributed by atoms with Crippen molar-refractivity contribution in [2.45, 2.75) is 40.0 Å². The summed E-state index contributed by atoms with van der Waals surface area (Å²) >= 11 is 0. The highest BCUT2D eigenvalue weighted by molar-refractivity contribution is 5.76. The molecule has 0 saturated heterocycles. The van der Waals surface area contributed by atoms with E-state index < -0.39 is 18.0 Å². The number of aliphatic carboxylic acids is 1. The summed E-state index contributed by atoms with van der Waals surface area (Å²) in [5.74, 6) is 0.723. The predicted molar refractivity (Wildman–Crippen MR) is 143 cm³/mol. The number of hydrogen-bond acceptors (Lipinski definition) is 6. The number of aryl methyl sites for hydroxylation is 1. The third-order valence-electron chi connectivity index (χ3n) is 6.33. The minimum atomic E-state index is -0.892. The lowest BCUT2D eigenvalue weighted by atomic mass is 9.88. The Morgan fingerprint density at radius 1 is 1.16 bits per heavy atom. The summed E-state index contributed by atoms with van der Waals surface area (Å²) < 4.78 is 17.2. The molecule has 1 aliphatic rings. The van der Waals surface area contributed by atoms with Gasteiger partial charge in [-0.25, -0.2) is 9.78 Å². The van der Waals surface area contributed by atoms with Gasteiger partial charge >= 0.3 is 12.1 Å². The second kappa shape index (κ2) is 12.4. The highest BCUT2D eigenvalue weighted by Crippen LogP contribution is 2.28. The monoisotopic (exact) mass is 518 g/mol. The third kappa shape index (κ3) is 7.03. The van der Waals surface area contributed by atoms with Crippen LogP contribution in [0.15, 0.2) is 70.8 Å². The molecule has 0 unspecified atom stereocenters. The Kier molecular flexibility index (Phi) is 8.84. The van der Waals surface area contributed by atoms with Crippen molar-refractivity contribution < 1.29 is 28.6 Å². The molecule has 8 heteroatoms. The molecule has 0 aliphatic carbocycles. The topological polar surface area (TPSA) is 102 Å². The van der Waals surface area contributed by atoms with Gasteiger partial charge in [0.05, 0.1) is 24.8 Å². The highest BCUT2D eigenvalue weighted by atomic mass is 16.6. The van der Waals surface area contributed by atoms with Gasteiger partial charge in [0.25, 0.3) is 0 Å².